The molecule has 0 amide bonds. The van der Waals surface area contributed by atoms with Gasteiger partial charge in [0.05, 0.1) is 11.4 Å². The molecular formula is C20H25N2S+. The SMILES string of the molecule is C=C(C=Cc1ccc(NC)cc1)Sc1ccc(C)cc1[NH2+]CC. The molecule has 0 saturated heterocycles. The van der Waals surface area contributed by atoms with Gasteiger partial charge in [-0.25, -0.2) is 0 Å². The lowest BCUT2D eigenvalue weighted by molar-refractivity contribution is -0.570. The van der Waals surface area contributed by atoms with Crippen LogP contribution in [0.25, 0.3) is 6.08 Å². The van der Waals surface area contributed by atoms with E-state index in [1.807, 2.05) is 7.05 Å². The van der Waals surface area contributed by atoms with Crippen molar-refractivity contribution in [1.82, 2.24) is 0 Å². The average Bonchev–Trinajstić information content (AvgIpc) is 2.56. The van der Waals surface area contributed by atoms with Crippen LogP contribution in [-0.4, -0.2) is 13.6 Å². The van der Waals surface area contributed by atoms with Gasteiger partial charge < -0.3 is 10.6 Å². The summed E-state index contributed by atoms with van der Waals surface area (Å²) in [6.45, 7) is 9.51. The maximum atomic E-state index is 4.17. The normalized spacial score (nSPS) is 10.9. The highest BCUT2D eigenvalue weighted by atomic mass is 32.2. The van der Waals surface area contributed by atoms with Crippen molar-refractivity contribution in [1.29, 1.82) is 0 Å². The largest absolute Gasteiger partial charge is 0.388 e. The quantitative estimate of drug-likeness (QED) is 0.443. The van der Waals surface area contributed by atoms with Gasteiger partial charge in [0.1, 0.15) is 5.69 Å². The molecule has 0 heterocycles. The lowest BCUT2D eigenvalue weighted by atomic mass is 10.2. The maximum absolute atomic E-state index is 4.17. The molecule has 2 aromatic carbocycles. The first-order valence-electron chi connectivity index (χ1n) is 7.89. The molecule has 0 saturated carbocycles. The molecule has 2 aromatic rings. The first-order valence-corrected chi connectivity index (χ1v) is 8.70. The molecule has 0 unspecified atom stereocenters. The molecule has 0 fully saturated rings. The van der Waals surface area contributed by atoms with Crippen LogP contribution in [0.5, 0.6) is 0 Å². The van der Waals surface area contributed by atoms with Gasteiger partial charge in [-0.2, -0.15) is 0 Å². The molecule has 2 rings (SSSR count). The highest BCUT2D eigenvalue weighted by molar-refractivity contribution is 8.03. The Labute approximate surface area is 143 Å². The van der Waals surface area contributed by atoms with Gasteiger partial charge in [0.2, 0.25) is 0 Å². The second-order valence-electron chi connectivity index (χ2n) is 5.43. The highest BCUT2D eigenvalue weighted by Gasteiger charge is 2.07. The Kier molecular flexibility index (Phi) is 6.51. The van der Waals surface area contributed by atoms with E-state index in [-0.39, 0.29) is 0 Å². The molecule has 2 nitrogen and oxygen atoms in total. The lowest BCUT2D eigenvalue weighted by Crippen LogP contribution is -2.77. The van der Waals surface area contributed by atoms with E-state index in [0.717, 1.165) is 17.1 Å². The van der Waals surface area contributed by atoms with Crippen molar-refractivity contribution in [2.24, 2.45) is 0 Å². The van der Waals surface area contributed by atoms with Gasteiger partial charge >= 0.3 is 0 Å². The van der Waals surface area contributed by atoms with Crippen molar-refractivity contribution < 1.29 is 5.32 Å². The number of hydrogen-bond donors (Lipinski definition) is 2. The molecule has 0 aliphatic heterocycles. The number of thioether (sulfide) groups is 1. The third-order valence-electron chi connectivity index (χ3n) is 3.49. The smallest absolute Gasteiger partial charge is 0.143 e. The van der Waals surface area contributed by atoms with E-state index < -0.39 is 0 Å². The zero-order valence-corrected chi connectivity index (χ0v) is 14.9. The minimum atomic E-state index is 1.04. The summed E-state index contributed by atoms with van der Waals surface area (Å²) in [5.74, 6) is 0. The zero-order chi connectivity index (χ0) is 16.7. The molecule has 0 atom stereocenters. The Hall–Kier alpha value is -1.97. The van der Waals surface area contributed by atoms with Crippen LogP contribution in [0.2, 0.25) is 0 Å². The summed E-state index contributed by atoms with van der Waals surface area (Å²) in [5.41, 5.74) is 4.88. The van der Waals surface area contributed by atoms with E-state index in [4.69, 9.17) is 0 Å². The molecule has 0 spiro atoms. The predicted molar refractivity (Wildman–Crippen MR) is 103 cm³/mol. The highest BCUT2D eigenvalue weighted by Crippen LogP contribution is 2.31. The summed E-state index contributed by atoms with van der Waals surface area (Å²) in [6.07, 6.45) is 4.18. The van der Waals surface area contributed by atoms with Gasteiger partial charge in [0, 0.05) is 23.7 Å². The van der Waals surface area contributed by atoms with E-state index >= 15 is 0 Å². The maximum Gasteiger partial charge on any atom is 0.143 e. The van der Waals surface area contributed by atoms with Crippen LogP contribution in [0.4, 0.5) is 11.4 Å². The summed E-state index contributed by atoms with van der Waals surface area (Å²) in [6, 6.07) is 14.9. The number of nitrogens with one attached hydrogen (secondary N) is 1. The number of quaternary nitrogens is 1. The lowest BCUT2D eigenvalue weighted by Gasteiger charge is -2.07. The molecule has 0 radical (unpaired) electrons. The van der Waals surface area contributed by atoms with Crippen molar-refractivity contribution in [2.75, 3.05) is 18.9 Å². The molecular weight excluding hydrogens is 300 g/mol. The summed E-state index contributed by atoms with van der Waals surface area (Å²) in [7, 11) is 1.93. The van der Waals surface area contributed by atoms with Crippen molar-refractivity contribution in [3.05, 3.63) is 71.2 Å². The van der Waals surface area contributed by atoms with E-state index in [2.05, 4.69) is 85.7 Å². The topological polar surface area (TPSA) is 28.6 Å². The van der Waals surface area contributed by atoms with Crippen LogP contribution in [0.3, 0.4) is 0 Å². The molecule has 3 heteroatoms. The summed E-state index contributed by atoms with van der Waals surface area (Å²) < 4.78 is 0. The average molecular weight is 326 g/mol. The molecule has 0 aromatic heterocycles. The van der Waals surface area contributed by atoms with Crippen LogP contribution in [0, 0.1) is 6.92 Å². The Bertz CT molecular complexity index is 687. The minimum absolute atomic E-state index is 1.04. The van der Waals surface area contributed by atoms with Crippen molar-refractivity contribution in [2.45, 2.75) is 18.7 Å². The number of nitrogens with two attached hydrogens (primary N) is 1. The second kappa shape index (κ2) is 8.61. The van der Waals surface area contributed by atoms with Gasteiger partial charge in [0.25, 0.3) is 0 Å². The number of allylic oxidation sites excluding steroid dienone is 1. The molecule has 23 heavy (non-hydrogen) atoms. The van der Waals surface area contributed by atoms with Crippen molar-refractivity contribution in [3.63, 3.8) is 0 Å². The number of rotatable bonds is 7. The minimum Gasteiger partial charge on any atom is -0.388 e. The zero-order valence-electron chi connectivity index (χ0n) is 14.1. The van der Waals surface area contributed by atoms with Gasteiger partial charge in [-0.15, -0.1) is 0 Å². The summed E-state index contributed by atoms with van der Waals surface area (Å²) in [4.78, 5) is 2.30. The van der Waals surface area contributed by atoms with Crippen molar-refractivity contribution >= 4 is 29.2 Å². The van der Waals surface area contributed by atoms with Gasteiger partial charge in [-0.3, -0.25) is 0 Å². The number of benzene rings is 2. The molecule has 0 bridgehead atoms. The van der Waals surface area contributed by atoms with Crippen LogP contribution in [-0.2, 0) is 0 Å². The number of hydrogen-bond acceptors (Lipinski definition) is 2. The van der Waals surface area contributed by atoms with E-state index in [9.17, 15) is 0 Å². The van der Waals surface area contributed by atoms with E-state index in [1.54, 1.807) is 11.8 Å². The Morgan fingerprint density at radius 1 is 1.22 bits per heavy atom. The van der Waals surface area contributed by atoms with Crippen LogP contribution in [0.1, 0.15) is 18.1 Å². The van der Waals surface area contributed by atoms with Crippen LogP contribution in [0.15, 0.2) is 64.9 Å². The Morgan fingerprint density at radius 2 is 1.96 bits per heavy atom. The fourth-order valence-electron chi connectivity index (χ4n) is 2.27. The molecule has 0 aliphatic rings. The van der Waals surface area contributed by atoms with E-state index in [0.29, 0.717) is 0 Å². The third-order valence-corrected chi connectivity index (χ3v) is 4.48. The fourth-order valence-corrected chi connectivity index (χ4v) is 3.08. The first kappa shape index (κ1) is 17.4. The number of aryl methyl sites for hydroxylation is 1. The molecule has 120 valence electrons. The van der Waals surface area contributed by atoms with Crippen LogP contribution < -0.4 is 10.6 Å². The summed E-state index contributed by atoms with van der Waals surface area (Å²) >= 11 is 1.72. The van der Waals surface area contributed by atoms with Crippen molar-refractivity contribution in [3.8, 4) is 0 Å². The fraction of sp³-hybridized carbons (Fsp3) is 0.200. The standard InChI is InChI=1S/C20H24N2S/c1-5-22-19-14-15(2)6-13-20(19)23-16(3)7-8-17-9-11-18(21-4)12-10-17/h6-14,21-22H,3,5H2,1-2,4H3/p+1. The molecule has 3 N–H and O–H groups in total. The Morgan fingerprint density at radius 3 is 2.61 bits per heavy atom. The predicted octanol–water partition coefficient (Wildman–Crippen LogP) is 4.57. The second-order valence-corrected chi connectivity index (χ2v) is 6.60. The third kappa shape index (κ3) is 5.31. The number of anilines is 1. The van der Waals surface area contributed by atoms with Gasteiger partial charge in [-0.05, 0) is 49.2 Å². The first-order chi connectivity index (χ1) is 11.1. The monoisotopic (exact) mass is 325 g/mol. The van der Waals surface area contributed by atoms with Crippen LogP contribution >= 0.6 is 11.8 Å². The summed E-state index contributed by atoms with van der Waals surface area (Å²) in [5, 5.41) is 5.39. The van der Waals surface area contributed by atoms with Gasteiger partial charge in [-0.1, -0.05) is 42.6 Å². The molecule has 0 aliphatic carbocycles. The Balaban J connectivity index is 2.05. The van der Waals surface area contributed by atoms with E-state index in [1.165, 1.54) is 21.7 Å². The van der Waals surface area contributed by atoms with Gasteiger partial charge in [0.15, 0.2) is 0 Å².